The van der Waals surface area contributed by atoms with E-state index in [2.05, 4.69) is 14.9 Å². The Kier molecular flexibility index (Phi) is 5.01. The van der Waals surface area contributed by atoms with Crippen molar-refractivity contribution in [3.63, 3.8) is 0 Å². The second kappa shape index (κ2) is 6.96. The summed E-state index contributed by atoms with van der Waals surface area (Å²) in [6.45, 7) is 4.14. The fourth-order valence-corrected chi connectivity index (χ4v) is 2.04. The van der Waals surface area contributed by atoms with E-state index in [0.717, 1.165) is 30.4 Å². The van der Waals surface area contributed by atoms with Crippen LogP contribution in [-0.4, -0.2) is 30.3 Å². The highest BCUT2D eigenvalue weighted by molar-refractivity contribution is 5.42. The molecule has 1 heterocycles. The highest BCUT2D eigenvalue weighted by atomic mass is 16.5. The van der Waals surface area contributed by atoms with Gasteiger partial charge in [0.05, 0.1) is 13.7 Å². The molecular formula is C15H21N3O2. The van der Waals surface area contributed by atoms with Crippen molar-refractivity contribution in [2.45, 2.75) is 20.0 Å². The van der Waals surface area contributed by atoms with Crippen molar-refractivity contribution in [3.8, 4) is 11.5 Å². The summed E-state index contributed by atoms with van der Waals surface area (Å²) < 4.78 is 13.2. The summed E-state index contributed by atoms with van der Waals surface area (Å²) in [5.41, 5.74) is 1.17. The van der Waals surface area contributed by atoms with E-state index in [9.17, 15) is 0 Å². The van der Waals surface area contributed by atoms with Gasteiger partial charge in [-0.25, -0.2) is 4.98 Å². The average molecular weight is 275 g/mol. The van der Waals surface area contributed by atoms with Gasteiger partial charge in [0.25, 0.3) is 0 Å². The lowest BCUT2D eigenvalue weighted by Crippen LogP contribution is -2.10. The Morgan fingerprint density at radius 1 is 1.30 bits per heavy atom. The quantitative estimate of drug-likeness (QED) is 0.839. The fourth-order valence-electron chi connectivity index (χ4n) is 2.04. The van der Waals surface area contributed by atoms with E-state index >= 15 is 0 Å². The minimum Gasteiger partial charge on any atom is -0.493 e. The van der Waals surface area contributed by atoms with E-state index in [0.29, 0.717) is 6.61 Å². The van der Waals surface area contributed by atoms with Crippen molar-refractivity contribution in [1.29, 1.82) is 0 Å². The van der Waals surface area contributed by atoms with Crippen molar-refractivity contribution < 1.29 is 9.47 Å². The number of methoxy groups -OCH3 is 1. The molecule has 20 heavy (non-hydrogen) atoms. The predicted molar refractivity (Wildman–Crippen MR) is 78.2 cm³/mol. The summed E-state index contributed by atoms with van der Waals surface area (Å²) in [6, 6.07) is 5.98. The van der Waals surface area contributed by atoms with Crippen LogP contribution in [0, 0.1) is 6.92 Å². The summed E-state index contributed by atoms with van der Waals surface area (Å²) >= 11 is 0. The normalized spacial score (nSPS) is 10.6. The van der Waals surface area contributed by atoms with Crippen molar-refractivity contribution in [2.24, 2.45) is 0 Å². The molecule has 1 N–H and O–H groups in total. The minimum atomic E-state index is 0.582. The molecule has 2 aromatic rings. The molecule has 0 aliphatic heterocycles. The maximum absolute atomic E-state index is 5.80. The van der Waals surface area contributed by atoms with Crippen LogP contribution < -0.4 is 14.8 Å². The molecule has 0 saturated heterocycles. The first-order valence-electron chi connectivity index (χ1n) is 6.66. The highest BCUT2D eigenvalue weighted by Gasteiger charge is 2.06. The number of aryl methyl sites for hydroxylation is 1. The maximum Gasteiger partial charge on any atom is 0.161 e. The number of ether oxygens (including phenoxy) is 2. The van der Waals surface area contributed by atoms with Gasteiger partial charge < -0.3 is 19.4 Å². The van der Waals surface area contributed by atoms with Crippen molar-refractivity contribution in [3.05, 3.63) is 42.0 Å². The zero-order chi connectivity index (χ0) is 14.4. The molecule has 1 aromatic heterocycles. The van der Waals surface area contributed by atoms with Crippen LogP contribution in [0.3, 0.4) is 0 Å². The summed E-state index contributed by atoms with van der Waals surface area (Å²) in [5, 5.41) is 3.12. The van der Waals surface area contributed by atoms with Crippen LogP contribution in [0.2, 0.25) is 0 Å². The topological polar surface area (TPSA) is 48.3 Å². The van der Waals surface area contributed by atoms with E-state index in [-0.39, 0.29) is 0 Å². The summed E-state index contributed by atoms with van der Waals surface area (Å²) in [5.74, 6) is 2.52. The van der Waals surface area contributed by atoms with Gasteiger partial charge in [0, 0.05) is 18.9 Å². The number of hydrogen-bond donors (Lipinski definition) is 1. The minimum absolute atomic E-state index is 0.582. The van der Waals surface area contributed by atoms with Gasteiger partial charge >= 0.3 is 0 Å². The Morgan fingerprint density at radius 2 is 2.15 bits per heavy atom. The third-order valence-corrected chi connectivity index (χ3v) is 3.12. The van der Waals surface area contributed by atoms with Gasteiger partial charge in [-0.2, -0.15) is 0 Å². The van der Waals surface area contributed by atoms with Gasteiger partial charge in [0.1, 0.15) is 12.4 Å². The van der Waals surface area contributed by atoms with Crippen LogP contribution in [0.1, 0.15) is 11.4 Å². The Morgan fingerprint density at radius 3 is 2.80 bits per heavy atom. The van der Waals surface area contributed by atoms with Crippen LogP contribution in [0.4, 0.5) is 0 Å². The second-order valence-corrected chi connectivity index (χ2v) is 4.53. The largest absolute Gasteiger partial charge is 0.493 e. The van der Waals surface area contributed by atoms with Gasteiger partial charge in [-0.3, -0.25) is 0 Å². The first-order chi connectivity index (χ1) is 9.74. The highest BCUT2D eigenvalue weighted by Crippen LogP contribution is 2.28. The fraction of sp³-hybridized carbons (Fsp3) is 0.400. The smallest absolute Gasteiger partial charge is 0.161 e. The van der Waals surface area contributed by atoms with Crippen LogP contribution in [0.15, 0.2) is 30.6 Å². The number of hydrogen-bond acceptors (Lipinski definition) is 4. The number of benzene rings is 1. The summed E-state index contributed by atoms with van der Waals surface area (Å²) in [6.07, 6.45) is 3.74. The van der Waals surface area contributed by atoms with Crippen molar-refractivity contribution >= 4 is 0 Å². The van der Waals surface area contributed by atoms with E-state index in [1.165, 1.54) is 5.56 Å². The number of imidazole rings is 1. The Hall–Kier alpha value is -2.01. The predicted octanol–water partition coefficient (Wildman–Crippen LogP) is 2.00. The van der Waals surface area contributed by atoms with Crippen LogP contribution >= 0.6 is 0 Å². The monoisotopic (exact) mass is 275 g/mol. The molecule has 0 amide bonds. The zero-order valence-electron chi connectivity index (χ0n) is 12.2. The van der Waals surface area contributed by atoms with Gasteiger partial charge in [0.2, 0.25) is 0 Å². The molecule has 0 aliphatic carbocycles. The van der Waals surface area contributed by atoms with Gasteiger partial charge in [0.15, 0.2) is 11.5 Å². The molecule has 0 fully saturated rings. The number of aromatic nitrogens is 2. The van der Waals surface area contributed by atoms with Gasteiger partial charge in [-0.1, -0.05) is 6.07 Å². The Bertz CT molecular complexity index is 552. The van der Waals surface area contributed by atoms with E-state index in [1.54, 1.807) is 13.3 Å². The van der Waals surface area contributed by atoms with Crippen LogP contribution in [-0.2, 0) is 13.1 Å². The summed E-state index contributed by atoms with van der Waals surface area (Å²) in [4.78, 5) is 4.18. The first-order valence-corrected chi connectivity index (χ1v) is 6.66. The molecule has 5 nitrogen and oxygen atoms in total. The van der Waals surface area contributed by atoms with Crippen molar-refractivity contribution in [2.75, 3.05) is 20.8 Å². The van der Waals surface area contributed by atoms with Crippen LogP contribution in [0.5, 0.6) is 11.5 Å². The molecule has 1 aromatic carbocycles. The van der Waals surface area contributed by atoms with E-state index in [4.69, 9.17) is 9.47 Å². The molecule has 0 unspecified atom stereocenters. The standard InChI is InChI=1S/C15H21N3O2/c1-12-17-6-7-18(12)8-9-20-14-5-4-13(11-16-2)10-15(14)19-3/h4-7,10,16H,8-9,11H2,1-3H3. The molecule has 0 bridgehead atoms. The molecule has 0 atom stereocenters. The van der Waals surface area contributed by atoms with Crippen molar-refractivity contribution in [1.82, 2.24) is 14.9 Å². The van der Waals surface area contributed by atoms with E-state index in [1.807, 2.05) is 38.4 Å². The first kappa shape index (κ1) is 14.4. The molecule has 0 spiro atoms. The van der Waals surface area contributed by atoms with E-state index < -0.39 is 0 Å². The lowest BCUT2D eigenvalue weighted by molar-refractivity contribution is 0.278. The third-order valence-electron chi connectivity index (χ3n) is 3.12. The molecule has 5 heteroatoms. The van der Waals surface area contributed by atoms with Gasteiger partial charge in [-0.05, 0) is 31.7 Å². The van der Waals surface area contributed by atoms with Crippen LogP contribution in [0.25, 0.3) is 0 Å². The number of nitrogens with zero attached hydrogens (tertiary/aromatic N) is 2. The summed E-state index contributed by atoms with van der Waals surface area (Å²) in [7, 11) is 3.58. The Labute approximate surface area is 119 Å². The SMILES string of the molecule is CNCc1ccc(OCCn2ccnc2C)c(OC)c1. The van der Waals surface area contributed by atoms with Gasteiger partial charge in [-0.15, -0.1) is 0 Å². The second-order valence-electron chi connectivity index (χ2n) is 4.53. The molecular weight excluding hydrogens is 254 g/mol. The number of rotatable bonds is 7. The molecule has 0 radical (unpaired) electrons. The maximum atomic E-state index is 5.80. The molecule has 0 saturated carbocycles. The molecule has 2 rings (SSSR count). The lowest BCUT2D eigenvalue weighted by atomic mass is 10.2. The Balaban J connectivity index is 1.96. The lowest BCUT2D eigenvalue weighted by Gasteiger charge is -2.13. The molecule has 108 valence electrons. The molecule has 0 aliphatic rings. The average Bonchev–Trinajstić information content (AvgIpc) is 2.86. The third kappa shape index (κ3) is 3.51. The zero-order valence-corrected chi connectivity index (χ0v) is 12.2. The number of nitrogens with one attached hydrogen (secondary N) is 1.